The van der Waals surface area contributed by atoms with E-state index < -0.39 is 11.6 Å². The summed E-state index contributed by atoms with van der Waals surface area (Å²) in [6, 6.07) is 4.06. The van der Waals surface area contributed by atoms with Crippen LogP contribution in [0.25, 0.3) is 22.8 Å². The van der Waals surface area contributed by atoms with Crippen LogP contribution in [-0.2, 0) is 16.6 Å². The molecular formula is C20H20F2N4O3. The van der Waals surface area contributed by atoms with Gasteiger partial charge >= 0.3 is 0 Å². The molecule has 152 valence electrons. The van der Waals surface area contributed by atoms with E-state index in [1.807, 2.05) is 17.8 Å². The number of ether oxygens (including phenoxy) is 1. The maximum absolute atomic E-state index is 13.8. The summed E-state index contributed by atoms with van der Waals surface area (Å²) < 4.78 is 37.2. The molecule has 5 rings (SSSR count). The van der Waals surface area contributed by atoms with E-state index in [2.05, 4.69) is 14.5 Å². The summed E-state index contributed by atoms with van der Waals surface area (Å²) in [5.74, 6) is -1.01. The highest BCUT2D eigenvalue weighted by molar-refractivity contribution is 5.75. The normalized spacial score (nSPS) is 22.4. The van der Waals surface area contributed by atoms with Crippen molar-refractivity contribution < 1.29 is 23.4 Å². The number of aryl methyl sites for hydroxylation is 1. The van der Waals surface area contributed by atoms with Gasteiger partial charge in [-0.05, 0) is 37.5 Å². The Morgan fingerprint density at radius 1 is 1.24 bits per heavy atom. The van der Waals surface area contributed by atoms with Gasteiger partial charge in [-0.2, -0.15) is 0 Å². The minimum absolute atomic E-state index is 0.172. The van der Waals surface area contributed by atoms with Gasteiger partial charge in [-0.25, -0.2) is 18.7 Å². The molecule has 0 radical (unpaired) electrons. The number of carbonyl (C=O) groups is 1. The number of imidazole rings is 2. The van der Waals surface area contributed by atoms with Crippen LogP contribution in [0.2, 0.25) is 0 Å². The average Bonchev–Trinajstić information content (AvgIpc) is 3.47. The lowest BCUT2D eigenvalue weighted by atomic mass is 9.95. The molecule has 3 atom stereocenters. The third-order valence-electron chi connectivity index (χ3n) is 5.45. The summed E-state index contributed by atoms with van der Waals surface area (Å²) in [4.78, 5) is 17.4. The van der Waals surface area contributed by atoms with Crippen LogP contribution in [0.5, 0.6) is 0 Å². The Labute approximate surface area is 165 Å². The Balaban J connectivity index is 0.000000645. The highest BCUT2D eigenvalue weighted by Gasteiger charge is 2.43. The second-order valence-electron chi connectivity index (χ2n) is 7.12. The Kier molecular flexibility index (Phi) is 5.14. The van der Waals surface area contributed by atoms with Gasteiger partial charge in [0.25, 0.3) is 6.47 Å². The topological polar surface area (TPSA) is 82.2 Å². The van der Waals surface area contributed by atoms with Gasteiger partial charge in [0.05, 0.1) is 30.3 Å². The second-order valence-corrected chi connectivity index (χ2v) is 7.12. The largest absolute Gasteiger partial charge is 0.483 e. The zero-order valence-corrected chi connectivity index (χ0v) is 15.7. The van der Waals surface area contributed by atoms with Crippen molar-refractivity contribution in [3.05, 3.63) is 48.6 Å². The van der Waals surface area contributed by atoms with Crippen molar-refractivity contribution in [3.8, 4) is 22.8 Å². The summed E-state index contributed by atoms with van der Waals surface area (Å²) in [5, 5.41) is 6.89. The van der Waals surface area contributed by atoms with Crippen LogP contribution in [-0.4, -0.2) is 42.9 Å². The molecule has 0 saturated carbocycles. The van der Waals surface area contributed by atoms with Gasteiger partial charge in [0.2, 0.25) is 0 Å². The van der Waals surface area contributed by atoms with Crippen molar-refractivity contribution in [1.82, 2.24) is 19.1 Å². The zero-order chi connectivity index (χ0) is 20.5. The first-order valence-corrected chi connectivity index (χ1v) is 9.26. The molecular weight excluding hydrogens is 382 g/mol. The molecule has 2 aromatic heterocycles. The van der Waals surface area contributed by atoms with Crippen LogP contribution in [0.3, 0.4) is 0 Å². The van der Waals surface area contributed by atoms with Crippen molar-refractivity contribution in [2.75, 3.05) is 0 Å². The van der Waals surface area contributed by atoms with E-state index in [0.29, 0.717) is 17.4 Å². The summed E-state index contributed by atoms with van der Waals surface area (Å²) in [5.41, 5.74) is 1.94. The van der Waals surface area contributed by atoms with Crippen LogP contribution >= 0.6 is 0 Å². The average molecular weight is 402 g/mol. The van der Waals surface area contributed by atoms with Crippen molar-refractivity contribution in [2.45, 2.75) is 37.5 Å². The smallest absolute Gasteiger partial charge is 0.290 e. The molecule has 2 bridgehead atoms. The van der Waals surface area contributed by atoms with Gasteiger partial charge in [0, 0.05) is 25.0 Å². The molecule has 2 fully saturated rings. The highest BCUT2D eigenvalue weighted by Crippen LogP contribution is 2.44. The van der Waals surface area contributed by atoms with E-state index in [9.17, 15) is 8.78 Å². The highest BCUT2D eigenvalue weighted by atomic mass is 19.2. The summed E-state index contributed by atoms with van der Waals surface area (Å²) in [7, 11) is 1.91. The lowest BCUT2D eigenvalue weighted by Gasteiger charge is -2.22. The van der Waals surface area contributed by atoms with E-state index in [0.717, 1.165) is 36.8 Å². The predicted molar refractivity (Wildman–Crippen MR) is 100 cm³/mol. The quantitative estimate of drug-likeness (QED) is 0.679. The molecule has 3 aromatic rings. The molecule has 4 heterocycles. The van der Waals surface area contributed by atoms with Crippen LogP contribution in [0.15, 0.2) is 36.9 Å². The summed E-state index contributed by atoms with van der Waals surface area (Å²) >= 11 is 0. The number of hydrogen-bond donors (Lipinski definition) is 1. The molecule has 2 saturated heterocycles. The number of rotatable bonds is 3. The first kappa shape index (κ1) is 19.3. The molecule has 2 aliphatic heterocycles. The van der Waals surface area contributed by atoms with Crippen molar-refractivity contribution in [1.29, 1.82) is 0 Å². The monoisotopic (exact) mass is 402 g/mol. The number of fused-ring (bicyclic) bond motifs is 2. The maximum Gasteiger partial charge on any atom is 0.290 e. The molecule has 0 unspecified atom stereocenters. The molecule has 2 aliphatic rings. The Bertz CT molecular complexity index is 1030. The Morgan fingerprint density at radius 2 is 2.03 bits per heavy atom. The van der Waals surface area contributed by atoms with Crippen molar-refractivity contribution in [3.63, 3.8) is 0 Å². The SMILES string of the molecule is Cn1ccnc1-c1c(-c2ccc(F)c(F)c2)ncn1[C@@H]1C[C@@H]2CC[C@H]1O2.O=CO. The van der Waals surface area contributed by atoms with E-state index >= 15 is 0 Å². The third kappa shape index (κ3) is 3.42. The molecule has 1 aromatic carbocycles. The molecule has 9 heteroatoms. The predicted octanol–water partition coefficient (Wildman–Crippen LogP) is 3.42. The van der Waals surface area contributed by atoms with Gasteiger partial charge in [-0.15, -0.1) is 0 Å². The molecule has 0 aliphatic carbocycles. The lowest BCUT2D eigenvalue weighted by molar-refractivity contribution is -0.122. The second kappa shape index (κ2) is 7.75. The van der Waals surface area contributed by atoms with Gasteiger partial charge in [-0.3, -0.25) is 4.79 Å². The summed E-state index contributed by atoms with van der Waals surface area (Å²) in [6.07, 6.45) is 8.90. The van der Waals surface area contributed by atoms with E-state index in [4.69, 9.17) is 14.6 Å². The first-order valence-electron chi connectivity index (χ1n) is 9.26. The maximum atomic E-state index is 13.8. The lowest BCUT2D eigenvalue weighted by Crippen LogP contribution is -2.21. The van der Waals surface area contributed by atoms with E-state index in [1.165, 1.54) is 6.07 Å². The zero-order valence-electron chi connectivity index (χ0n) is 15.7. The van der Waals surface area contributed by atoms with Gasteiger partial charge in [0.15, 0.2) is 17.5 Å². The minimum Gasteiger partial charge on any atom is -0.483 e. The molecule has 1 N–H and O–H groups in total. The van der Waals surface area contributed by atoms with E-state index in [-0.39, 0.29) is 18.6 Å². The molecule has 29 heavy (non-hydrogen) atoms. The van der Waals surface area contributed by atoms with Crippen molar-refractivity contribution in [2.24, 2.45) is 7.05 Å². The fourth-order valence-electron chi connectivity index (χ4n) is 4.19. The minimum atomic E-state index is -0.883. The number of hydrogen-bond acceptors (Lipinski definition) is 4. The third-order valence-corrected chi connectivity index (χ3v) is 5.45. The standard InChI is InChI=1S/C19H18F2N4O.CH2O2/c1-24-7-6-22-19(24)18-17(11-2-4-13(20)14(21)8-11)23-10-25(18)15-9-12-3-5-16(15)26-12;2-1-3/h2,4,6-8,10,12,15-16H,3,5,9H2,1H3;1H,(H,2,3)/t12-,15+,16+;/m0./s1. The number of aromatic nitrogens is 4. The van der Waals surface area contributed by atoms with Crippen LogP contribution in [0, 0.1) is 11.6 Å². The first-order chi connectivity index (χ1) is 14.0. The number of benzene rings is 1. The molecule has 7 nitrogen and oxygen atoms in total. The number of carboxylic acid groups (broad SMARTS) is 1. The summed E-state index contributed by atoms with van der Waals surface area (Å²) in [6.45, 7) is -0.250. The Hall–Kier alpha value is -3.07. The fourth-order valence-corrected chi connectivity index (χ4v) is 4.19. The van der Waals surface area contributed by atoms with Crippen LogP contribution in [0.4, 0.5) is 8.78 Å². The van der Waals surface area contributed by atoms with Gasteiger partial charge in [0.1, 0.15) is 5.69 Å². The molecule has 0 spiro atoms. The number of halogens is 2. The van der Waals surface area contributed by atoms with Crippen LogP contribution in [0.1, 0.15) is 25.3 Å². The molecule has 0 amide bonds. The fraction of sp³-hybridized carbons (Fsp3) is 0.350. The Morgan fingerprint density at radius 3 is 2.62 bits per heavy atom. The van der Waals surface area contributed by atoms with Gasteiger partial charge in [-0.1, -0.05) is 0 Å². The van der Waals surface area contributed by atoms with E-state index in [1.54, 1.807) is 18.6 Å². The number of nitrogens with zero attached hydrogens (tertiary/aromatic N) is 4. The van der Waals surface area contributed by atoms with Gasteiger partial charge < -0.3 is 19.0 Å². The van der Waals surface area contributed by atoms with Crippen molar-refractivity contribution >= 4 is 6.47 Å². The van der Waals surface area contributed by atoms with Crippen LogP contribution < -0.4 is 0 Å².